The summed E-state index contributed by atoms with van der Waals surface area (Å²) in [5.41, 5.74) is 2.41. The molecule has 0 aliphatic rings. The highest BCUT2D eigenvalue weighted by atomic mass is 79.9. The van der Waals surface area contributed by atoms with Crippen molar-refractivity contribution in [1.29, 1.82) is 0 Å². The van der Waals surface area contributed by atoms with Crippen molar-refractivity contribution in [2.45, 2.75) is 19.9 Å². The van der Waals surface area contributed by atoms with Crippen LogP contribution in [0.3, 0.4) is 0 Å². The fraction of sp³-hybridized carbons (Fsp3) is 0.167. The van der Waals surface area contributed by atoms with Gasteiger partial charge in [0.05, 0.1) is 0 Å². The van der Waals surface area contributed by atoms with Gasteiger partial charge < -0.3 is 15.1 Å². The van der Waals surface area contributed by atoms with E-state index in [2.05, 4.69) is 31.5 Å². The number of hydrogen-bond donors (Lipinski definition) is 2. The zero-order chi connectivity index (χ0) is 18.0. The van der Waals surface area contributed by atoms with E-state index in [1.165, 1.54) is 0 Å². The number of halogens is 1. The predicted octanol–water partition coefficient (Wildman–Crippen LogP) is 3.66. The molecule has 7 heteroatoms. The second-order valence-corrected chi connectivity index (χ2v) is 6.52. The molecule has 2 aromatic carbocycles. The van der Waals surface area contributed by atoms with Crippen molar-refractivity contribution < 1.29 is 14.0 Å². The Balaban J connectivity index is 1.64. The standard InChI is InChI=1S/C18H16BrN3O3/c1-10(20-18(24)12-3-5-13(19)6-4-12)17(23)22-14-7-8-16-15(9-14)21-11(2)25-16/h3-10H,1-2H3,(H,20,24)(H,22,23)/t10-/m0/s1. The van der Waals surface area contributed by atoms with E-state index in [9.17, 15) is 9.59 Å². The molecule has 1 atom stereocenters. The Morgan fingerprint density at radius 2 is 1.88 bits per heavy atom. The number of benzene rings is 2. The van der Waals surface area contributed by atoms with Crippen LogP contribution in [0.2, 0.25) is 0 Å². The molecule has 128 valence electrons. The molecule has 3 aromatic rings. The van der Waals surface area contributed by atoms with Crippen LogP contribution in [-0.4, -0.2) is 22.8 Å². The maximum absolute atomic E-state index is 12.3. The summed E-state index contributed by atoms with van der Waals surface area (Å²) >= 11 is 3.32. The highest BCUT2D eigenvalue weighted by Crippen LogP contribution is 2.19. The lowest BCUT2D eigenvalue weighted by Gasteiger charge is -2.14. The summed E-state index contributed by atoms with van der Waals surface area (Å²) in [4.78, 5) is 28.7. The zero-order valence-electron chi connectivity index (χ0n) is 13.7. The summed E-state index contributed by atoms with van der Waals surface area (Å²) in [6.07, 6.45) is 0. The maximum atomic E-state index is 12.3. The van der Waals surface area contributed by atoms with Gasteiger partial charge in [0.1, 0.15) is 11.6 Å². The van der Waals surface area contributed by atoms with E-state index in [-0.39, 0.29) is 11.8 Å². The molecule has 0 aliphatic heterocycles. The van der Waals surface area contributed by atoms with E-state index in [0.717, 1.165) is 4.47 Å². The molecular weight excluding hydrogens is 386 g/mol. The molecule has 0 unspecified atom stereocenters. The fourth-order valence-electron chi connectivity index (χ4n) is 2.32. The second kappa shape index (κ2) is 7.06. The summed E-state index contributed by atoms with van der Waals surface area (Å²) in [6, 6.07) is 11.4. The SMILES string of the molecule is Cc1nc2cc(NC(=O)[C@H](C)NC(=O)c3ccc(Br)cc3)ccc2o1. The molecule has 2 amide bonds. The maximum Gasteiger partial charge on any atom is 0.251 e. The number of carbonyl (C=O) groups excluding carboxylic acids is 2. The minimum absolute atomic E-state index is 0.308. The van der Waals surface area contributed by atoms with E-state index in [4.69, 9.17) is 4.42 Å². The average Bonchev–Trinajstić information content (AvgIpc) is 2.94. The molecule has 0 saturated heterocycles. The van der Waals surface area contributed by atoms with Crippen molar-refractivity contribution in [2.75, 3.05) is 5.32 Å². The largest absolute Gasteiger partial charge is 0.441 e. The number of aromatic nitrogens is 1. The van der Waals surface area contributed by atoms with Crippen molar-refractivity contribution in [1.82, 2.24) is 10.3 Å². The van der Waals surface area contributed by atoms with E-state index in [1.807, 2.05) is 0 Å². The third-order valence-electron chi connectivity index (χ3n) is 3.61. The van der Waals surface area contributed by atoms with Gasteiger partial charge in [-0.05, 0) is 49.4 Å². The lowest BCUT2D eigenvalue weighted by Crippen LogP contribution is -2.41. The van der Waals surface area contributed by atoms with E-state index >= 15 is 0 Å². The molecule has 25 heavy (non-hydrogen) atoms. The number of fused-ring (bicyclic) bond motifs is 1. The van der Waals surface area contributed by atoms with Crippen LogP contribution in [0.1, 0.15) is 23.2 Å². The number of rotatable bonds is 4. The molecule has 0 fully saturated rings. The Morgan fingerprint density at radius 3 is 2.60 bits per heavy atom. The van der Waals surface area contributed by atoms with Gasteiger partial charge in [0.2, 0.25) is 5.91 Å². The first-order valence-electron chi connectivity index (χ1n) is 7.67. The topological polar surface area (TPSA) is 84.2 Å². The summed E-state index contributed by atoms with van der Waals surface area (Å²) in [7, 11) is 0. The van der Waals surface area contributed by atoms with Crippen LogP contribution in [0.15, 0.2) is 51.4 Å². The second-order valence-electron chi connectivity index (χ2n) is 5.61. The summed E-state index contributed by atoms with van der Waals surface area (Å²) < 4.78 is 6.28. The molecule has 0 radical (unpaired) electrons. The number of oxazole rings is 1. The number of hydrogen-bond acceptors (Lipinski definition) is 4. The van der Waals surface area contributed by atoms with Crippen LogP contribution in [0.5, 0.6) is 0 Å². The number of aryl methyl sites for hydroxylation is 1. The van der Waals surface area contributed by atoms with Crippen LogP contribution < -0.4 is 10.6 Å². The number of carbonyl (C=O) groups is 2. The Morgan fingerprint density at radius 1 is 1.16 bits per heavy atom. The minimum Gasteiger partial charge on any atom is -0.441 e. The highest BCUT2D eigenvalue weighted by Gasteiger charge is 2.17. The molecular formula is C18H16BrN3O3. The van der Waals surface area contributed by atoms with Gasteiger partial charge in [-0.25, -0.2) is 4.98 Å². The number of anilines is 1. The average molecular weight is 402 g/mol. The van der Waals surface area contributed by atoms with E-state index in [1.54, 1.807) is 56.3 Å². The monoisotopic (exact) mass is 401 g/mol. The Labute approximate surface area is 152 Å². The molecule has 2 N–H and O–H groups in total. The molecule has 1 aromatic heterocycles. The normalized spacial score (nSPS) is 12.0. The number of amides is 2. The van der Waals surface area contributed by atoms with Gasteiger partial charge >= 0.3 is 0 Å². The van der Waals surface area contributed by atoms with Crippen molar-refractivity contribution >= 4 is 44.5 Å². The van der Waals surface area contributed by atoms with Gasteiger partial charge in [-0.1, -0.05) is 15.9 Å². The number of nitrogens with one attached hydrogen (secondary N) is 2. The van der Waals surface area contributed by atoms with Crippen molar-refractivity contribution in [3.05, 3.63) is 58.4 Å². The molecule has 0 saturated carbocycles. The predicted molar refractivity (Wildman–Crippen MR) is 98.4 cm³/mol. The zero-order valence-corrected chi connectivity index (χ0v) is 15.3. The third-order valence-corrected chi connectivity index (χ3v) is 4.14. The molecule has 0 aliphatic carbocycles. The fourth-order valence-corrected chi connectivity index (χ4v) is 2.58. The lowest BCUT2D eigenvalue weighted by atomic mass is 10.2. The van der Waals surface area contributed by atoms with Gasteiger partial charge in [0, 0.05) is 22.6 Å². The quantitative estimate of drug-likeness (QED) is 0.698. The Bertz CT molecular complexity index is 934. The van der Waals surface area contributed by atoms with Crippen LogP contribution in [-0.2, 0) is 4.79 Å². The first kappa shape index (κ1) is 17.2. The van der Waals surface area contributed by atoms with Gasteiger partial charge in [-0.15, -0.1) is 0 Å². The van der Waals surface area contributed by atoms with Crippen LogP contribution >= 0.6 is 15.9 Å². The molecule has 0 spiro atoms. The Hall–Kier alpha value is -2.67. The smallest absolute Gasteiger partial charge is 0.251 e. The minimum atomic E-state index is -0.689. The van der Waals surface area contributed by atoms with E-state index < -0.39 is 6.04 Å². The van der Waals surface area contributed by atoms with E-state index in [0.29, 0.717) is 28.2 Å². The summed E-state index contributed by atoms with van der Waals surface area (Å²) in [5, 5.41) is 5.44. The lowest BCUT2D eigenvalue weighted by molar-refractivity contribution is -0.117. The molecule has 1 heterocycles. The third kappa shape index (κ3) is 4.06. The van der Waals surface area contributed by atoms with Crippen molar-refractivity contribution in [3.63, 3.8) is 0 Å². The first-order chi connectivity index (χ1) is 11.9. The molecule has 6 nitrogen and oxygen atoms in total. The van der Waals surface area contributed by atoms with Gasteiger partial charge in [-0.2, -0.15) is 0 Å². The van der Waals surface area contributed by atoms with Crippen LogP contribution in [0.4, 0.5) is 5.69 Å². The van der Waals surface area contributed by atoms with Crippen molar-refractivity contribution in [3.8, 4) is 0 Å². The molecule has 0 bridgehead atoms. The Kier molecular flexibility index (Phi) is 4.85. The van der Waals surface area contributed by atoms with Crippen LogP contribution in [0, 0.1) is 6.92 Å². The molecule has 3 rings (SSSR count). The summed E-state index contributed by atoms with van der Waals surface area (Å²) in [6.45, 7) is 3.39. The van der Waals surface area contributed by atoms with Gasteiger partial charge in [-0.3, -0.25) is 9.59 Å². The van der Waals surface area contributed by atoms with Crippen molar-refractivity contribution in [2.24, 2.45) is 0 Å². The number of nitrogens with zero attached hydrogens (tertiary/aromatic N) is 1. The van der Waals surface area contributed by atoms with Crippen LogP contribution in [0.25, 0.3) is 11.1 Å². The summed E-state index contributed by atoms with van der Waals surface area (Å²) in [5.74, 6) is -0.0589. The highest BCUT2D eigenvalue weighted by molar-refractivity contribution is 9.10. The van der Waals surface area contributed by atoms with Gasteiger partial charge in [0.25, 0.3) is 5.91 Å². The van der Waals surface area contributed by atoms with Gasteiger partial charge in [0.15, 0.2) is 11.5 Å². The first-order valence-corrected chi connectivity index (χ1v) is 8.46.